The molecular weight excluding hydrogens is 338 g/mol. The average molecular weight is 354 g/mol. The van der Waals surface area contributed by atoms with Crippen molar-refractivity contribution in [1.29, 1.82) is 0 Å². The van der Waals surface area contributed by atoms with E-state index < -0.39 is 9.84 Å². The van der Waals surface area contributed by atoms with Gasteiger partial charge in [0.05, 0.1) is 16.8 Å². The number of hydrogen-bond acceptors (Lipinski definition) is 8. The third-order valence-electron chi connectivity index (χ3n) is 2.79. The Bertz CT molecular complexity index is 586. The van der Waals surface area contributed by atoms with E-state index in [-0.39, 0.29) is 28.7 Å². The van der Waals surface area contributed by atoms with Crippen LogP contribution in [-0.4, -0.2) is 53.6 Å². The molecule has 10 heteroatoms. The van der Waals surface area contributed by atoms with Gasteiger partial charge in [0.15, 0.2) is 18.5 Å². The molecule has 1 saturated heterocycles. The Kier molecular flexibility index (Phi) is 5.32. The molecule has 0 spiro atoms. The van der Waals surface area contributed by atoms with E-state index in [1.807, 2.05) is 6.26 Å². The predicted octanol–water partition coefficient (Wildman–Crippen LogP) is 1.04. The van der Waals surface area contributed by atoms with Crippen molar-refractivity contribution in [2.45, 2.75) is 33.3 Å². The maximum atomic E-state index is 12.0. The van der Waals surface area contributed by atoms with Gasteiger partial charge in [0, 0.05) is 6.04 Å². The first kappa shape index (κ1) is 16.1. The molecule has 112 valence electrons. The minimum absolute atomic E-state index is 0.0472. The molecule has 0 radical (unpaired) electrons. The van der Waals surface area contributed by atoms with Gasteiger partial charge >= 0.3 is 0 Å². The van der Waals surface area contributed by atoms with Gasteiger partial charge < -0.3 is 5.32 Å². The Morgan fingerprint density at radius 3 is 2.70 bits per heavy atom. The molecule has 2 atom stereocenters. The van der Waals surface area contributed by atoms with E-state index in [2.05, 4.69) is 15.5 Å². The third-order valence-corrected chi connectivity index (χ3v) is 7.64. The second-order valence-electron chi connectivity index (χ2n) is 4.41. The molecule has 1 aromatic rings. The summed E-state index contributed by atoms with van der Waals surface area (Å²) in [6.07, 6.45) is 2.42. The van der Waals surface area contributed by atoms with Crippen molar-refractivity contribution < 1.29 is 13.2 Å². The molecule has 1 aromatic heterocycles. The van der Waals surface area contributed by atoms with Crippen LogP contribution in [0.1, 0.15) is 13.3 Å². The average Bonchev–Trinajstić information content (AvgIpc) is 2.95. The van der Waals surface area contributed by atoms with Gasteiger partial charge in [-0.3, -0.25) is 4.79 Å². The molecular formula is C10H15N3O3S4. The SMILES string of the molecule is CSc1nnc(S[C@H](C)C(=O)N[C@H]2CCS(=O)(=O)C2)s1. The fourth-order valence-corrected chi connectivity index (χ4v) is 6.02. The third kappa shape index (κ3) is 4.34. The topological polar surface area (TPSA) is 89.0 Å². The van der Waals surface area contributed by atoms with E-state index in [9.17, 15) is 13.2 Å². The normalized spacial score (nSPS) is 22.6. The smallest absolute Gasteiger partial charge is 0.233 e. The molecule has 0 unspecified atom stereocenters. The first-order valence-corrected chi connectivity index (χ1v) is 10.7. The van der Waals surface area contributed by atoms with Crippen molar-refractivity contribution >= 4 is 50.6 Å². The molecule has 1 aliphatic rings. The predicted molar refractivity (Wildman–Crippen MR) is 82.2 cm³/mol. The van der Waals surface area contributed by atoms with Crippen molar-refractivity contribution in [3.8, 4) is 0 Å². The number of nitrogens with zero attached hydrogens (tertiary/aromatic N) is 2. The van der Waals surface area contributed by atoms with E-state index in [1.54, 1.807) is 6.92 Å². The van der Waals surface area contributed by atoms with E-state index in [4.69, 9.17) is 0 Å². The van der Waals surface area contributed by atoms with Crippen molar-refractivity contribution in [2.75, 3.05) is 17.8 Å². The summed E-state index contributed by atoms with van der Waals surface area (Å²) in [5.41, 5.74) is 0. The Hall–Kier alpha value is -0.320. The Labute approximate surface area is 130 Å². The molecule has 0 aliphatic carbocycles. The van der Waals surface area contributed by atoms with Crippen LogP contribution in [0.4, 0.5) is 0 Å². The van der Waals surface area contributed by atoms with Crippen molar-refractivity contribution in [1.82, 2.24) is 15.5 Å². The zero-order valence-corrected chi connectivity index (χ0v) is 14.3. The Balaban J connectivity index is 1.86. The number of carbonyl (C=O) groups is 1. The number of rotatable bonds is 5. The molecule has 0 saturated carbocycles. The van der Waals surface area contributed by atoms with Crippen LogP contribution in [0.25, 0.3) is 0 Å². The van der Waals surface area contributed by atoms with Gasteiger partial charge in [-0.1, -0.05) is 34.9 Å². The van der Waals surface area contributed by atoms with Crippen LogP contribution in [0, 0.1) is 0 Å². The van der Waals surface area contributed by atoms with Crippen molar-refractivity contribution in [3.05, 3.63) is 0 Å². The minimum atomic E-state index is -2.97. The molecule has 2 rings (SSSR count). The van der Waals surface area contributed by atoms with E-state index >= 15 is 0 Å². The van der Waals surface area contributed by atoms with Crippen LogP contribution in [0.3, 0.4) is 0 Å². The van der Waals surface area contributed by atoms with Gasteiger partial charge in [-0.05, 0) is 19.6 Å². The molecule has 6 nitrogen and oxygen atoms in total. The zero-order chi connectivity index (χ0) is 14.8. The summed E-state index contributed by atoms with van der Waals surface area (Å²) >= 11 is 4.31. The maximum absolute atomic E-state index is 12.0. The van der Waals surface area contributed by atoms with Crippen LogP contribution in [0.5, 0.6) is 0 Å². The van der Waals surface area contributed by atoms with Gasteiger partial charge in [0.1, 0.15) is 0 Å². The molecule has 0 aromatic carbocycles. The van der Waals surface area contributed by atoms with E-state index in [0.29, 0.717) is 6.42 Å². The highest BCUT2D eigenvalue weighted by molar-refractivity contribution is 8.03. The van der Waals surface area contributed by atoms with Crippen LogP contribution in [0.2, 0.25) is 0 Å². The fourth-order valence-electron chi connectivity index (χ4n) is 1.76. The Morgan fingerprint density at radius 1 is 1.45 bits per heavy atom. The summed E-state index contributed by atoms with van der Waals surface area (Å²) in [7, 11) is -2.97. The second-order valence-corrected chi connectivity index (χ2v) is 10.3. The zero-order valence-electron chi connectivity index (χ0n) is 11.0. The number of hydrogen-bond donors (Lipinski definition) is 1. The van der Waals surface area contributed by atoms with Gasteiger partial charge in [-0.2, -0.15) is 0 Å². The first-order valence-electron chi connectivity index (χ1n) is 5.94. The highest BCUT2D eigenvalue weighted by atomic mass is 32.2. The summed E-state index contributed by atoms with van der Waals surface area (Å²) in [5.74, 6) is 0.0522. The monoisotopic (exact) mass is 353 g/mol. The van der Waals surface area contributed by atoms with E-state index in [1.165, 1.54) is 34.9 Å². The number of amides is 1. The summed E-state index contributed by atoms with van der Waals surface area (Å²) in [6, 6.07) is -0.258. The van der Waals surface area contributed by atoms with Gasteiger partial charge in [0.25, 0.3) is 0 Å². The maximum Gasteiger partial charge on any atom is 0.233 e. The summed E-state index contributed by atoms with van der Waals surface area (Å²) < 4.78 is 24.3. The number of thioether (sulfide) groups is 2. The number of aromatic nitrogens is 2. The molecule has 0 bridgehead atoms. The number of sulfone groups is 1. The Morgan fingerprint density at radius 2 is 2.15 bits per heavy atom. The number of carbonyl (C=O) groups excluding carboxylic acids is 1. The number of nitrogens with one attached hydrogen (secondary N) is 1. The molecule has 1 N–H and O–H groups in total. The largest absolute Gasteiger partial charge is 0.351 e. The van der Waals surface area contributed by atoms with Crippen molar-refractivity contribution in [3.63, 3.8) is 0 Å². The summed E-state index contributed by atoms with van der Waals surface area (Å²) in [6.45, 7) is 1.78. The molecule has 1 fully saturated rings. The lowest BCUT2D eigenvalue weighted by atomic mass is 10.2. The molecule has 1 aliphatic heterocycles. The molecule has 20 heavy (non-hydrogen) atoms. The lowest BCUT2D eigenvalue weighted by Gasteiger charge is -2.14. The quantitative estimate of drug-likeness (QED) is 0.791. The van der Waals surface area contributed by atoms with Crippen LogP contribution >= 0.6 is 34.9 Å². The van der Waals surface area contributed by atoms with Gasteiger partial charge in [-0.25, -0.2) is 8.42 Å². The van der Waals surface area contributed by atoms with Crippen LogP contribution in [0.15, 0.2) is 8.68 Å². The highest BCUT2D eigenvalue weighted by Gasteiger charge is 2.30. The highest BCUT2D eigenvalue weighted by Crippen LogP contribution is 2.30. The minimum Gasteiger partial charge on any atom is -0.351 e. The second kappa shape index (κ2) is 6.63. The van der Waals surface area contributed by atoms with Crippen LogP contribution < -0.4 is 5.32 Å². The van der Waals surface area contributed by atoms with Crippen molar-refractivity contribution in [2.24, 2.45) is 0 Å². The summed E-state index contributed by atoms with van der Waals surface area (Å²) in [4.78, 5) is 12.0. The fraction of sp³-hybridized carbons (Fsp3) is 0.700. The molecule has 2 heterocycles. The van der Waals surface area contributed by atoms with Gasteiger partial charge in [-0.15, -0.1) is 10.2 Å². The lowest BCUT2D eigenvalue weighted by Crippen LogP contribution is -2.39. The summed E-state index contributed by atoms with van der Waals surface area (Å²) in [5, 5.41) is 10.4. The van der Waals surface area contributed by atoms with E-state index in [0.717, 1.165) is 8.68 Å². The standard InChI is InChI=1S/C10H15N3O3S4/c1-6(18-10-13-12-9(17-2)19-10)8(14)11-7-3-4-20(15,16)5-7/h6-7H,3-5H2,1-2H3,(H,11,14)/t6-,7+/m1/s1. The lowest BCUT2D eigenvalue weighted by molar-refractivity contribution is -0.120. The molecule has 1 amide bonds. The van der Waals surface area contributed by atoms with Crippen LogP contribution in [-0.2, 0) is 14.6 Å². The van der Waals surface area contributed by atoms with Gasteiger partial charge in [0.2, 0.25) is 5.91 Å². The first-order chi connectivity index (χ1) is 9.39.